The highest BCUT2D eigenvalue weighted by Crippen LogP contribution is 2.18. The average molecular weight is 263 g/mol. The minimum atomic E-state index is -0.629. The predicted octanol–water partition coefficient (Wildman–Crippen LogP) is 1.66. The van der Waals surface area contributed by atoms with E-state index in [-0.39, 0.29) is 24.4 Å². The van der Waals surface area contributed by atoms with Crippen LogP contribution >= 0.6 is 0 Å². The Balaban J connectivity index is 1.75. The molecule has 0 saturated heterocycles. The van der Waals surface area contributed by atoms with Crippen LogP contribution in [-0.2, 0) is 14.3 Å². The van der Waals surface area contributed by atoms with Crippen LogP contribution in [0.5, 0.6) is 0 Å². The Kier molecular flexibility index (Phi) is 4.28. The molecule has 1 aliphatic rings. The summed E-state index contributed by atoms with van der Waals surface area (Å²) in [6.07, 6.45) is 4.57. The van der Waals surface area contributed by atoms with Gasteiger partial charge in [0.25, 0.3) is 5.91 Å². The standard InChI is InChI=1S/C14H14FNO3/c15-11-3-1-2-10(8-11)4-7-14(18)19-9-13(17)16-12-5-6-12/h1-4,7-8,12H,5-6,9H2,(H,16,17)/b7-4+. The monoisotopic (exact) mass is 263 g/mol. The highest BCUT2D eigenvalue weighted by Gasteiger charge is 2.23. The zero-order chi connectivity index (χ0) is 13.7. The summed E-state index contributed by atoms with van der Waals surface area (Å²) in [5.74, 6) is -1.30. The van der Waals surface area contributed by atoms with E-state index < -0.39 is 5.97 Å². The van der Waals surface area contributed by atoms with Crippen LogP contribution in [0.15, 0.2) is 30.3 Å². The number of ether oxygens (including phenoxy) is 1. The van der Waals surface area contributed by atoms with Crippen LogP contribution in [0.4, 0.5) is 4.39 Å². The van der Waals surface area contributed by atoms with E-state index in [0.717, 1.165) is 12.8 Å². The molecule has 0 unspecified atom stereocenters. The van der Waals surface area contributed by atoms with Gasteiger partial charge in [0.15, 0.2) is 6.61 Å². The van der Waals surface area contributed by atoms with Gasteiger partial charge in [-0.15, -0.1) is 0 Å². The lowest BCUT2D eigenvalue weighted by atomic mass is 10.2. The molecule has 1 fully saturated rings. The highest BCUT2D eigenvalue weighted by molar-refractivity contribution is 5.89. The van der Waals surface area contributed by atoms with E-state index in [2.05, 4.69) is 5.32 Å². The molecule has 5 heteroatoms. The number of carbonyl (C=O) groups excluding carboxylic acids is 2. The molecule has 1 amide bonds. The summed E-state index contributed by atoms with van der Waals surface area (Å²) in [6, 6.07) is 6.06. The lowest BCUT2D eigenvalue weighted by Crippen LogP contribution is -2.30. The molecule has 4 nitrogen and oxygen atoms in total. The number of carbonyl (C=O) groups is 2. The average Bonchev–Trinajstić information content (AvgIpc) is 3.18. The van der Waals surface area contributed by atoms with Crippen molar-refractivity contribution in [3.8, 4) is 0 Å². The second-order valence-electron chi connectivity index (χ2n) is 4.34. The van der Waals surface area contributed by atoms with Gasteiger partial charge in [-0.05, 0) is 36.6 Å². The van der Waals surface area contributed by atoms with Crippen molar-refractivity contribution < 1.29 is 18.7 Å². The first kappa shape index (κ1) is 13.3. The van der Waals surface area contributed by atoms with E-state index in [1.54, 1.807) is 12.1 Å². The molecule has 0 heterocycles. The fourth-order valence-corrected chi connectivity index (χ4v) is 1.46. The van der Waals surface area contributed by atoms with Crippen LogP contribution in [-0.4, -0.2) is 24.5 Å². The van der Waals surface area contributed by atoms with Crippen LogP contribution in [0.1, 0.15) is 18.4 Å². The number of benzene rings is 1. The SMILES string of the molecule is O=C(COC(=O)/C=C/c1cccc(F)c1)NC1CC1. The molecule has 19 heavy (non-hydrogen) atoms. The van der Waals surface area contributed by atoms with Crippen molar-refractivity contribution >= 4 is 18.0 Å². The minimum absolute atomic E-state index is 0.244. The van der Waals surface area contributed by atoms with Crippen molar-refractivity contribution in [3.63, 3.8) is 0 Å². The molecule has 1 aliphatic carbocycles. The third-order valence-corrected chi connectivity index (χ3v) is 2.55. The zero-order valence-electron chi connectivity index (χ0n) is 10.3. The van der Waals surface area contributed by atoms with E-state index in [1.165, 1.54) is 24.3 Å². The van der Waals surface area contributed by atoms with Crippen molar-refractivity contribution in [3.05, 3.63) is 41.7 Å². The maximum Gasteiger partial charge on any atom is 0.331 e. The van der Waals surface area contributed by atoms with Gasteiger partial charge in [-0.1, -0.05) is 12.1 Å². The van der Waals surface area contributed by atoms with E-state index in [1.807, 2.05) is 0 Å². The highest BCUT2D eigenvalue weighted by atomic mass is 19.1. The van der Waals surface area contributed by atoms with Crippen LogP contribution in [0, 0.1) is 5.82 Å². The molecular weight excluding hydrogens is 249 g/mol. The molecule has 2 rings (SSSR count). The Bertz CT molecular complexity index is 509. The zero-order valence-corrected chi connectivity index (χ0v) is 10.3. The minimum Gasteiger partial charge on any atom is -0.452 e. The van der Waals surface area contributed by atoms with Gasteiger partial charge in [-0.25, -0.2) is 9.18 Å². The Morgan fingerprint density at radius 2 is 2.21 bits per heavy atom. The molecule has 1 saturated carbocycles. The van der Waals surface area contributed by atoms with Gasteiger partial charge in [0.1, 0.15) is 5.82 Å². The fraction of sp³-hybridized carbons (Fsp3) is 0.286. The summed E-state index contributed by atoms with van der Waals surface area (Å²) in [4.78, 5) is 22.6. The molecule has 0 bridgehead atoms. The normalized spacial score (nSPS) is 14.4. The topological polar surface area (TPSA) is 55.4 Å². The molecule has 0 aromatic heterocycles. The molecule has 1 aromatic carbocycles. The molecule has 0 spiro atoms. The summed E-state index contributed by atoms with van der Waals surface area (Å²) in [7, 11) is 0. The Morgan fingerprint density at radius 3 is 2.89 bits per heavy atom. The predicted molar refractivity (Wildman–Crippen MR) is 67.6 cm³/mol. The van der Waals surface area contributed by atoms with E-state index in [4.69, 9.17) is 4.74 Å². The Morgan fingerprint density at radius 1 is 1.42 bits per heavy atom. The summed E-state index contributed by atoms with van der Waals surface area (Å²) in [5.41, 5.74) is 0.555. The first-order valence-corrected chi connectivity index (χ1v) is 6.03. The van der Waals surface area contributed by atoms with Gasteiger partial charge >= 0.3 is 5.97 Å². The van der Waals surface area contributed by atoms with Gasteiger partial charge in [0.2, 0.25) is 0 Å². The summed E-state index contributed by atoms with van der Waals surface area (Å²) in [5, 5.41) is 2.70. The van der Waals surface area contributed by atoms with Crippen molar-refractivity contribution in [1.82, 2.24) is 5.32 Å². The van der Waals surface area contributed by atoms with Gasteiger partial charge in [0, 0.05) is 12.1 Å². The van der Waals surface area contributed by atoms with E-state index >= 15 is 0 Å². The molecule has 0 atom stereocenters. The largest absolute Gasteiger partial charge is 0.452 e. The Labute approximate surface area is 110 Å². The Hall–Kier alpha value is -2.17. The molecule has 100 valence electrons. The number of halogens is 1. The summed E-state index contributed by atoms with van der Waals surface area (Å²) in [6.45, 7) is -0.289. The summed E-state index contributed by atoms with van der Waals surface area (Å²) < 4.78 is 17.6. The number of rotatable bonds is 5. The smallest absolute Gasteiger partial charge is 0.331 e. The first-order chi connectivity index (χ1) is 9.13. The molecule has 1 N–H and O–H groups in total. The number of hydrogen-bond donors (Lipinski definition) is 1. The van der Waals surface area contributed by atoms with Gasteiger partial charge < -0.3 is 10.1 Å². The van der Waals surface area contributed by atoms with Crippen LogP contribution in [0.25, 0.3) is 6.08 Å². The summed E-state index contributed by atoms with van der Waals surface area (Å²) >= 11 is 0. The molecule has 0 aliphatic heterocycles. The number of esters is 1. The number of amides is 1. The lowest BCUT2D eigenvalue weighted by molar-refractivity contribution is -0.143. The second-order valence-corrected chi connectivity index (χ2v) is 4.34. The van der Waals surface area contributed by atoms with E-state index in [9.17, 15) is 14.0 Å². The quantitative estimate of drug-likeness (QED) is 0.649. The maximum absolute atomic E-state index is 12.9. The van der Waals surface area contributed by atoms with Crippen LogP contribution in [0.2, 0.25) is 0 Å². The van der Waals surface area contributed by atoms with Gasteiger partial charge in [0.05, 0.1) is 0 Å². The first-order valence-electron chi connectivity index (χ1n) is 6.03. The van der Waals surface area contributed by atoms with E-state index in [0.29, 0.717) is 5.56 Å². The van der Waals surface area contributed by atoms with Crippen molar-refractivity contribution in [2.75, 3.05) is 6.61 Å². The third-order valence-electron chi connectivity index (χ3n) is 2.55. The maximum atomic E-state index is 12.9. The second kappa shape index (κ2) is 6.13. The third kappa shape index (κ3) is 4.91. The molecule has 1 aromatic rings. The lowest BCUT2D eigenvalue weighted by Gasteiger charge is -2.02. The van der Waals surface area contributed by atoms with Crippen LogP contribution < -0.4 is 5.32 Å². The van der Waals surface area contributed by atoms with Crippen molar-refractivity contribution in [2.45, 2.75) is 18.9 Å². The van der Waals surface area contributed by atoms with Crippen LogP contribution in [0.3, 0.4) is 0 Å². The number of hydrogen-bond acceptors (Lipinski definition) is 3. The number of nitrogens with one attached hydrogen (secondary N) is 1. The van der Waals surface area contributed by atoms with Crippen molar-refractivity contribution in [2.24, 2.45) is 0 Å². The molecular formula is C14H14FNO3. The fourth-order valence-electron chi connectivity index (χ4n) is 1.46. The molecule has 0 radical (unpaired) electrons. The van der Waals surface area contributed by atoms with Crippen molar-refractivity contribution in [1.29, 1.82) is 0 Å². The van der Waals surface area contributed by atoms with Gasteiger partial charge in [-0.3, -0.25) is 4.79 Å². The van der Waals surface area contributed by atoms with Gasteiger partial charge in [-0.2, -0.15) is 0 Å².